The maximum Gasteiger partial charge on any atom is 0.307 e. The molecule has 0 aliphatic heterocycles. The van der Waals surface area contributed by atoms with E-state index in [1.807, 2.05) is 0 Å². The highest BCUT2D eigenvalue weighted by molar-refractivity contribution is 6.32. The van der Waals surface area contributed by atoms with Gasteiger partial charge in [-0.15, -0.1) is 0 Å². The van der Waals surface area contributed by atoms with Crippen molar-refractivity contribution >= 4 is 28.9 Å². The first-order chi connectivity index (χ1) is 8.47. The van der Waals surface area contributed by atoms with Crippen LogP contribution in [0.1, 0.15) is 6.42 Å². The Balaban J connectivity index is 2.94. The summed E-state index contributed by atoms with van der Waals surface area (Å²) < 4.78 is 4.50. The Hall–Kier alpha value is -1.89. The lowest BCUT2D eigenvalue weighted by atomic mass is 10.3. The average molecular weight is 274 g/mol. The van der Waals surface area contributed by atoms with Crippen LogP contribution in [0.15, 0.2) is 12.3 Å². The van der Waals surface area contributed by atoms with Crippen LogP contribution >= 0.6 is 11.6 Å². The molecule has 7 nitrogen and oxygen atoms in total. The maximum absolute atomic E-state index is 11.0. The zero-order valence-electron chi connectivity index (χ0n) is 9.92. The van der Waals surface area contributed by atoms with Gasteiger partial charge in [0.25, 0.3) is 5.69 Å². The van der Waals surface area contributed by atoms with Gasteiger partial charge < -0.3 is 9.64 Å². The van der Waals surface area contributed by atoms with Crippen molar-refractivity contribution in [3.63, 3.8) is 0 Å². The molecule has 8 heteroatoms. The summed E-state index contributed by atoms with van der Waals surface area (Å²) in [7, 11) is 2.88. The second kappa shape index (κ2) is 6.15. The fraction of sp³-hybridized carbons (Fsp3) is 0.400. The largest absolute Gasteiger partial charge is 0.469 e. The molecule has 0 saturated carbocycles. The molecule has 98 valence electrons. The minimum Gasteiger partial charge on any atom is -0.469 e. The third-order valence-electron chi connectivity index (χ3n) is 2.32. The van der Waals surface area contributed by atoms with Gasteiger partial charge in [-0.3, -0.25) is 14.9 Å². The highest BCUT2D eigenvalue weighted by atomic mass is 35.5. The van der Waals surface area contributed by atoms with E-state index in [-0.39, 0.29) is 29.5 Å². The Bertz CT molecular complexity index is 466. The van der Waals surface area contributed by atoms with Gasteiger partial charge in [0.05, 0.1) is 18.5 Å². The number of nitro groups is 1. The average Bonchev–Trinajstić information content (AvgIpc) is 2.34. The molecular formula is C10H12ClN3O4. The Morgan fingerprint density at radius 2 is 2.33 bits per heavy atom. The zero-order valence-corrected chi connectivity index (χ0v) is 10.7. The van der Waals surface area contributed by atoms with Crippen molar-refractivity contribution in [1.29, 1.82) is 0 Å². The summed E-state index contributed by atoms with van der Waals surface area (Å²) in [4.78, 5) is 26.6. The lowest BCUT2D eigenvalue weighted by molar-refractivity contribution is -0.384. The molecule has 0 spiro atoms. The van der Waals surface area contributed by atoms with E-state index >= 15 is 0 Å². The summed E-state index contributed by atoms with van der Waals surface area (Å²) in [6.07, 6.45) is 1.37. The number of nitrogens with zero attached hydrogens (tertiary/aromatic N) is 3. The number of pyridine rings is 1. The van der Waals surface area contributed by atoms with Crippen LogP contribution in [0.5, 0.6) is 0 Å². The predicted molar refractivity (Wildman–Crippen MR) is 65.8 cm³/mol. The van der Waals surface area contributed by atoms with E-state index in [2.05, 4.69) is 9.72 Å². The molecule has 0 radical (unpaired) electrons. The number of halogens is 1. The molecule has 0 amide bonds. The van der Waals surface area contributed by atoms with E-state index in [0.29, 0.717) is 0 Å². The first kappa shape index (κ1) is 14.2. The summed E-state index contributed by atoms with van der Waals surface area (Å²) >= 11 is 5.84. The number of carbonyl (C=O) groups is 1. The summed E-state index contributed by atoms with van der Waals surface area (Å²) in [6, 6.07) is 1.26. The van der Waals surface area contributed by atoms with Crippen molar-refractivity contribution in [3.8, 4) is 0 Å². The summed E-state index contributed by atoms with van der Waals surface area (Å²) in [5, 5.41) is 10.9. The van der Waals surface area contributed by atoms with Crippen LogP contribution < -0.4 is 4.90 Å². The summed E-state index contributed by atoms with van der Waals surface area (Å²) in [6.45, 7) is 0.249. The first-order valence-corrected chi connectivity index (χ1v) is 5.42. The summed E-state index contributed by atoms with van der Waals surface area (Å²) in [5.74, 6) is -0.399. The van der Waals surface area contributed by atoms with E-state index in [1.54, 1.807) is 7.05 Å². The molecule has 0 aliphatic carbocycles. The maximum atomic E-state index is 11.0. The summed E-state index contributed by atoms with van der Waals surface area (Å²) in [5.41, 5.74) is 0.0374. The first-order valence-electron chi connectivity index (χ1n) is 5.04. The van der Waals surface area contributed by atoms with Crippen LogP contribution in [0.25, 0.3) is 0 Å². The monoisotopic (exact) mass is 273 g/mol. The number of carbonyl (C=O) groups excluding carboxylic acids is 1. The van der Waals surface area contributed by atoms with E-state index in [4.69, 9.17) is 11.6 Å². The molecule has 1 aromatic heterocycles. The number of hydrogen-bond acceptors (Lipinski definition) is 6. The fourth-order valence-electron chi connectivity index (χ4n) is 1.39. The van der Waals surface area contributed by atoms with Crippen molar-refractivity contribution in [2.75, 3.05) is 25.6 Å². The molecule has 1 aromatic rings. The van der Waals surface area contributed by atoms with Crippen molar-refractivity contribution in [3.05, 3.63) is 27.5 Å². The quantitative estimate of drug-likeness (QED) is 0.351. The lowest BCUT2D eigenvalue weighted by Gasteiger charge is -2.18. The SMILES string of the molecule is COC(=O)CCN(C)c1c([N+](=O)[O-])ccnc1Cl. The highest BCUT2D eigenvalue weighted by Gasteiger charge is 2.21. The smallest absolute Gasteiger partial charge is 0.307 e. The van der Waals surface area contributed by atoms with Gasteiger partial charge in [-0.1, -0.05) is 11.6 Å². The van der Waals surface area contributed by atoms with E-state index in [9.17, 15) is 14.9 Å². The Morgan fingerprint density at radius 3 is 2.89 bits per heavy atom. The molecule has 1 heterocycles. The van der Waals surface area contributed by atoms with Crippen molar-refractivity contribution in [1.82, 2.24) is 4.98 Å². The number of esters is 1. The third-order valence-corrected chi connectivity index (χ3v) is 2.59. The molecular weight excluding hydrogens is 262 g/mol. The van der Waals surface area contributed by atoms with Gasteiger partial charge in [0, 0.05) is 25.9 Å². The number of ether oxygens (including phenoxy) is 1. The van der Waals surface area contributed by atoms with Gasteiger partial charge in [-0.25, -0.2) is 4.98 Å². The molecule has 0 saturated heterocycles. The highest BCUT2D eigenvalue weighted by Crippen LogP contribution is 2.32. The normalized spacial score (nSPS) is 9.94. The van der Waals surface area contributed by atoms with Gasteiger partial charge in [-0.2, -0.15) is 0 Å². The minimum atomic E-state index is -0.544. The van der Waals surface area contributed by atoms with Crippen LogP contribution in [0.3, 0.4) is 0 Å². The number of aromatic nitrogens is 1. The molecule has 18 heavy (non-hydrogen) atoms. The van der Waals surface area contributed by atoms with E-state index in [1.165, 1.54) is 24.3 Å². The molecule has 1 rings (SSSR count). The number of anilines is 1. The van der Waals surface area contributed by atoms with Gasteiger partial charge in [0.1, 0.15) is 0 Å². The van der Waals surface area contributed by atoms with Crippen LogP contribution in [0, 0.1) is 10.1 Å². The Morgan fingerprint density at radius 1 is 1.67 bits per heavy atom. The van der Waals surface area contributed by atoms with Gasteiger partial charge in [-0.05, 0) is 0 Å². The Labute approximate surface area is 108 Å². The van der Waals surface area contributed by atoms with Crippen LogP contribution in [-0.4, -0.2) is 36.6 Å². The van der Waals surface area contributed by atoms with Gasteiger partial charge in [0.2, 0.25) is 0 Å². The lowest BCUT2D eigenvalue weighted by Crippen LogP contribution is -2.23. The molecule has 0 unspecified atom stereocenters. The number of hydrogen-bond donors (Lipinski definition) is 0. The molecule has 0 fully saturated rings. The van der Waals surface area contributed by atoms with Crippen LogP contribution in [0.2, 0.25) is 5.15 Å². The topological polar surface area (TPSA) is 85.6 Å². The second-order valence-corrected chi connectivity index (χ2v) is 3.83. The standard InChI is InChI=1S/C10H12ClN3O4/c1-13(6-4-8(15)18-2)9-7(14(16)17)3-5-12-10(9)11/h3,5H,4,6H2,1-2H3. The van der Waals surface area contributed by atoms with Crippen molar-refractivity contribution in [2.45, 2.75) is 6.42 Å². The van der Waals surface area contributed by atoms with Crippen molar-refractivity contribution < 1.29 is 14.5 Å². The van der Waals surface area contributed by atoms with Crippen molar-refractivity contribution in [2.24, 2.45) is 0 Å². The molecule has 0 N–H and O–H groups in total. The Kier molecular flexibility index (Phi) is 4.85. The third kappa shape index (κ3) is 3.30. The zero-order chi connectivity index (χ0) is 13.7. The predicted octanol–water partition coefficient (Wildman–Crippen LogP) is 1.64. The number of methoxy groups -OCH3 is 1. The molecule has 0 aliphatic rings. The van der Waals surface area contributed by atoms with E-state index in [0.717, 1.165) is 0 Å². The minimum absolute atomic E-state index is 0.0246. The second-order valence-electron chi connectivity index (χ2n) is 3.47. The van der Waals surface area contributed by atoms with Gasteiger partial charge in [0.15, 0.2) is 10.8 Å². The molecule has 0 aromatic carbocycles. The van der Waals surface area contributed by atoms with E-state index < -0.39 is 10.9 Å². The molecule has 0 bridgehead atoms. The fourth-order valence-corrected chi connectivity index (χ4v) is 1.69. The van der Waals surface area contributed by atoms with Crippen LogP contribution in [0.4, 0.5) is 11.4 Å². The molecule has 0 atom stereocenters. The van der Waals surface area contributed by atoms with Gasteiger partial charge >= 0.3 is 5.97 Å². The number of rotatable bonds is 5. The van der Waals surface area contributed by atoms with Crippen LogP contribution in [-0.2, 0) is 9.53 Å².